The van der Waals surface area contributed by atoms with Crippen LogP contribution in [0.15, 0.2) is 83.8 Å². The molecule has 4 rings (SSSR count). The molecule has 0 bridgehead atoms. The summed E-state index contributed by atoms with van der Waals surface area (Å²) in [6.45, 7) is 1.81. The monoisotopic (exact) mass is 474 g/mol. The van der Waals surface area contributed by atoms with Crippen LogP contribution in [0.4, 0.5) is 5.69 Å². The van der Waals surface area contributed by atoms with Gasteiger partial charge in [0.1, 0.15) is 11.5 Å². The van der Waals surface area contributed by atoms with Crippen molar-refractivity contribution in [2.75, 3.05) is 5.32 Å². The van der Waals surface area contributed by atoms with E-state index in [1.807, 2.05) is 55.5 Å². The minimum Gasteiger partial charge on any atom is -0.384 e. The SMILES string of the molecule is Cc1cc(C(=O)Nc2ccc(-c3ccccc3SOON)cc2)n(-c2cccc(C(=N)N)c2)n1. The van der Waals surface area contributed by atoms with Gasteiger partial charge in [-0.25, -0.2) is 4.68 Å². The van der Waals surface area contributed by atoms with E-state index in [-0.39, 0.29) is 11.7 Å². The predicted octanol–water partition coefficient (Wildman–Crippen LogP) is 4.21. The molecule has 0 unspecified atom stereocenters. The number of hydrogen-bond acceptors (Lipinski definition) is 7. The van der Waals surface area contributed by atoms with Gasteiger partial charge in [-0.15, -0.1) is 9.32 Å². The van der Waals surface area contributed by atoms with Gasteiger partial charge in [0.05, 0.1) is 23.4 Å². The third-order valence-electron chi connectivity index (χ3n) is 4.97. The Labute approximate surface area is 200 Å². The number of rotatable bonds is 8. The molecule has 1 amide bonds. The number of benzene rings is 3. The molecule has 0 saturated heterocycles. The normalized spacial score (nSPS) is 10.8. The number of nitrogens with two attached hydrogens (primary N) is 2. The molecule has 0 aliphatic rings. The quantitative estimate of drug-likeness (QED) is 0.0985. The van der Waals surface area contributed by atoms with E-state index in [2.05, 4.69) is 15.4 Å². The van der Waals surface area contributed by atoms with Gasteiger partial charge in [-0.3, -0.25) is 10.2 Å². The zero-order valence-electron chi connectivity index (χ0n) is 18.2. The molecular formula is C24H22N6O3S. The number of anilines is 1. The molecule has 9 nitrogen and oxygen atoms in total. The molecule has 0 spiro atoms. The number of nitrogens with one attached hydrogen (secondary N) is 2. The molecule has 1 aromatic heterocycles. The van der Waals surface area contributed by atoms with Gasteiger partial charge in [-0.2, -0.15) is 11.0 Å². The molecule has 10 heteroatoms. The Kier molecular flexibility index (Phi) is 7.04. The summed E-state index contributed by atoms with van der Waals surface area (Å²) in [5, 5.41) is 15.0. The van der Waals surface area contributed by atoms with E-state index in [9.17, 15) is 4.79 Å². The van der Waals surface area contributed by atoms with E-state index in [1.165, 1.54) is 0 Å². The number of aromatic nitrogens is 2. The summed E-state index contributed by atoms with van der Waals surface area (Å²) in [4.78, 5) is 18.1. The number of nitrogens with zero attached hydrogens (tertiary/aromatic N) is 2. The average molecular weight is 475 g/mol. The smallest absolute Gasteiger partial charge is 0.274 e. The van der Waals surface area contributed by atoms with Crippen LogP contribution in [0.25, 0.3) is 16.8 Å². The van der Waals surface area contributed by atoms with Crippen molar-refractivity contribution in [3.8, 4) is 16.8 Å². The van der Waals surface area contributed by atoms with Crippen LogP contribution >= 0.6 is 12.0 Å². The van der Waals surface area contributed by atoms with Crippen LogP contribution in [0.5, 0.6) is 0 Å². The second kappa shape index (κ2) is 10.3. The van der Waals surface area contributed by atoms with Crippen LogP contribution in [0, 0.1) is 12.3 Å². The first kappa shape index (κ1) is 23.2. The van der Waals surface area contributed by atoms with Crippen molar-refractivity contribution in [3.05, 3.63) is 95.8 Å². The summed E-state index contributed by atoms with van der Waals surface area (Å²) in [6, 6.07) is 23.8. The number of amidine groups is 1. The van der Waals surface area contributed by atoms with Gasteiger partial charge in [0.2, 0.25) is 0 Å². The summed E-state index contributed by atoms with van der Waals surface area (Å²) >= 11 is 1.01. The fourth-order valence-electron chi connectivity index (χ4n) is 3.43. The molecule has 0 atom stereocenters. The Bertz CT molecular complexity index is 1340. The third kappa shape index (κ3) is 5.16. The first-order valence-electron chi connectivity index (χ1n) is 10.2. The highest BCUT2D eigenvalue weighted by molar-refractivity contribution is 7.94. The van der Waals surface area contributed by atoms with Gasteiger partial charge < -0.3 is 11.1 Å². The molecule has 3 aromatic carbocycles. The van der Waals surface area contributed by atoms with Crippen molar-refractivity contribution in [2.45, 2.75) is 11.8 Å². The van der Waals surface area contributed by atoms with Gasteiger partial charge in [-0.05, 0) is 54.4 Å². The highest BCUT2D eigenvalue weighted by Gasteiger charge is 2.16. The summed E-state index contributed by atoms with van der Waals surface area (Å²) in [6.07, 6.45) is 0. The molecule has 0 saturated carbocycles. The van der Waals surface area contributed by atoms with Gasteiger partial charge in [0.25, 0.3) is 5.91 Å². The Balaban J connectivity index is 1.56. The van der Waals surface area contributed by atoms with Gasteiger partial charge in [-0.1, -0.05) is 42.5 Å². The first-order chi connectivity index (χ1) is 16.5. The molecule has 0 fully saturated rings. The van der Waals surface area contributed by atoms with Crippen molar-refractivity contribution >= 4 is 29.5 Å². The zero-order chi connectivity index (χ0) is 24.1. The molecule has 0 aliphatic carbocycles. The van der Waals surface area contributed by atoms with Gasteiger partial charge in [0.15, 0.2) is 0 Å². The second-order valence-electron chi connectivity index (χ2n) is 7.32. The molecule has 0 radical (unpaired) electrons. The number of nitrogen functional groups attached to an aromatic ring is 1. The maximum absolute atomic E-state index is 13.1. The van der Waals surface area contributed by atoms with E-state index in [1.54, 1.807) is 35.0 Å². The maximum atomic E-state index is 13.1. The van der Waals surface area contributed by atoms with Crippen LogP contribution in [0.2, 0.25) is 0 Å². The highest BCUT2D eigenvalue weighted by Crippen LogP contribution is 2.32. The largest absolute Gasteiger partial charge is 0.384 e. The Hall–Kier alpha value is -3.96. The predicted molar refractivity (Wildman–Crippen MR) is 131 cm³/mol. The average Bonchev–Trinajstić information content (AvgIpc) is 3.25. The summed E-state index contributed by atoms with van der Waals surface area (Å²) in [5.41, 5.74) is 10.3. The minimum atomic E-state index is -0.314. The van der Waals surface area contributed by atoms with Crippen molar-refractivity contribution in [1.29, 1.82) is 5.41 Å². The van der Waals surface area contributed by atoms with Gasteiger partial charge in [0, 0.05) is 16.1 Å². The summed E-state index contributed by atoms with van der Waals surface area (Å²) in [7, 11) is 0. The number of carbonyl (C=O) groups excluding carboxylic acids is 1. The number of amides is 1. The van der Waals surface area contributed by atoms with Crippen molar-refractivity contribution in [1.82, 2.24) is 9.78 Å². The van der Waals surface area contributed by atoms with E-state index in [0.717, 1.165) is 28.1 Å². The van der Waals surface area contributed by atoms with E-state index in [4.69, 9.17) is 21.4 Å². The Morgan fingerprint density at radius 1 is 1.06 bits per heavy atom. The van der Waals surface area contributed by atoms with Crippen LogP contribution in [-0.4, -0.2) is 21.5 Å². The van der Waals surface area contributed by atoms with Crippen molar-refractivity contribution in [2.24, 2.45) is 11.6 Å². The maximum Gasteiger partial charge on any atom is 0.274 e. The fourth-order valence-corrected chi connectivity index (χ4v) is 3.95. The highest BCUT2D eigenvalue weighted by atomic mass is 32.2. The van der Waals surface area contributed by atoms with Gasteiger partial charge >= 0.3 is 0 Å². The topological polar surface area (TPSA) is 141 Å². The number of aryl methyl sites for hydroxylation is 1. The molecular weight excluding hydrogens is 452 g/mol. The van der Waals surface area contributed by atoms with Crippen molar-refractivity contribution in [3.63, 3.8) is 0 Å². The lowest BCUT2D eigenvalue weighted by atomic mass is 10.1. The lowest BCUT2D eigenvalue weighted by Crippen LogP contribution is -2.17. The van der Waals surface area contributed by atoms with Crippen LogP contribution in [0.3, 0.4) is 0 Å². The molecule has 1 heterocycles. The molecule has 4 aromatic rings. The van der Waals surface area contributed by atoms with E-state index >= 15 is 0 Å². The fraction of sp³-hybridized carbons (Fsp3) is 0.0417. The summed E-state index contributed by atoms with van der Waals surface area (Å²) in [5.74, 6) is 4.57. The Morgan fingerprint density at radius 3 is 2.56 bits per heavy atom. The lowest BCUT2D eigenvalue weighted by Gasteiger charge is -2.11. The second-order valence-corrected chi connectivity index (χ2v) is 8.06. The molecule has 0 aliphatic heterocycles. The standard InChI is InChI=1S/C24H22N6O3S/c1-15-13-21(30(29-15)19-6-4-5-17(14-19)23(25)26)24(31)28-18-11-9-16(10-12-18)20-7-2-3-8-22(20)34-33-32-27/h2-14H,27H2,1H3,(H3,25,26)(H,28,31). The lowest BCUT2D eigenvalue weighted by molar-refractivity contribution is -0.195. The molecule has 172 valence electrons. The van der Waals surface area contributed by atoms with E-state index in [0.29, 0.717) is 28.3 Å². The zero-order valence-corrected chi connectivity index (χ0v) is 19.0. The van der Waals surface area contributed by atoms with E-state index < -0.39 is 0 Å². The minimum absolute atomic E-state index is 0.0566. The molecule has 6 N–H and O–H groups in total. The summed E-state index contributed by atoms with van der Waals surface area (Å²) < 4.78 is 6.33. The van der Waals surface area contributed by atoms with Crippen LogP contribution in [0.1, 0.15) is 21.7 Å². The Morgan fingerprint density at radius 2 is 1.82 bits per heavy atom. The van der Waals surface area contributed by atoms with Crippen molar-refractivity contribution < 1.29 is 14.1 Å². The first-order valence-corrected chi connectivity index (χ1v) is 10.9. The number of hydrogen-bond donors (Lipinski definition) is 4. The number of carbonyl (C=O) groups is 1. The van der Waals surface area contributed by atoms with Crippen LogP contribution < -0.4 is 16.9 Å². The third-order valence-corrected chi connectivity index (χ3v) is 5.65. The molecule has 34 heavy (non-hydrogen) atoms. The van der Waals surface area contributed by atoms with Crippen LogP contribution in [-0.2, 0) is 9.32 Å².